The first-order valence-electron chi connectivity index (χ1n) is 8.68. The summed E-state index contributed by atoms with van der Waals surface area (Å²) in [6, 6.07) is 12.9. The number of barbiturate groups is 1. The summed E-state index contributed by atoms with van der Waals surface area (Å²) in [5.74, 6) is 1.12. The highest BCUT2D eigenvalue weighted by molar-refractivity contribution is 6.39. The van der Waals surface area contributed by atoms with Crippen LogP contribution >= 0.6 is 11.6 Å². The molecule has 1 aliphatic rings. The lowest BCUT2D eigenvalue weighted by atomic mass is 10.1. The second-order valence-electron chi connectivity index (χ2n) is 6.37. The minimum absolute atomic E-state index is 0.150. The number of amides is 4. The maximum atomic E-state index is 13.0. The number of hydrogen-bond donors (Lipinski definition) is 1. The van der Waals surface area contributed by atoms with Crippen molar-refractivity contribution in [2.24, 2.45) is 0 Å². The molecule has 4 rings (SSSR count). The zero-order valence-electron chi connectivity index (χ0n) is 15.1. The van der Waals surface area contributed by atoms with E-state index in [2.05, 4.69) is 11.2 Å². The lowest BCUT2D eigenvalue weighted by Gasteiger charge is -2.26. The molecule has 1 aromatic heterocycles. The van der Waals surface area contributed by atoms with Gasteiger partial charge in [-0.15, -0.1) is 6.42 Å². The second kappa shape index (κ2) is 7.30. The molecule has 1 saturated heterocycles. The van der Waals surface area contributed by atoms with Gasteiger partial charge in [-0.25, -0.2) is 9.69 Å². The van der Waals surface area contributed by atoms with Crippen molar-refractivity contribution in [2.75, 3.05) is 4.90 Å². The van der Waals surface area contributed by atoms with Crippen molar-refractivity contribution in [1.82, 2.24) is 9.88 Å². The summed E-state index contributed by atoms with van der Waals surface area (Å²) in [4.78, 5) is 38.6. The standard InChI is InChI=1S/C22H14ClN3O3/c1-2-11-25-13-14(17-5-3-4-6-19(17)25)12-18-20(27)24-22(29)26(21(18)28)16-9-7-15(23)8-10-16/h1,3-10,12-13H,11H2,(H,24,27,29)/b18-12+. The van der Waals surface area contributed by atoms with Crippen LogP contribution in [0.1, 0.15) is 5.56 Å². The van der Waals surface area contributed by atoms with Crippen molar-refractivity contribution in [3.05, 3.63) is 70.9 Å². The average molecular weight is 404 g/mol. The van der Waals surface area contributed by atoms with Crippen LogP contribution in [0.15, 0.2) is 60.3 Å². The number of rotatable bonds is 3. The van der Waals surface area contributed by atoms with E-state index >= 15 is 0 Å². The molecule has 7 heteroatoms. The lowest BCUT2D eigenvalue weighted by Crippen LogP contribution is -2.54. The van der Waals surface area contributed by atoms with E-state index in [4.69, 9.17) is 18.0 Å². The Hall–Kier alpha value is -3.82. The summed E-state index contributed by atoms with van der Waals surface area (Å²) in [6.07, 6.45) is 8.69. The molecule has 0 unspecified atom stereocenters. The molecule has 1 fully saturated rings. The monoisotopic (exact) mass is 403 g/mol. The molecule has 29 heavy (non-hydrogen) atoms. The van der Waals surface area contributed by atoms with Crippen molar-refractivity contribution >= 4 is 52.1 Å². The fourth-order valence-electron chi connectivity index (χ4n) is 3.26. The summed E-state index contributed by atoms with van der Waals surface area (Å²) >= 11 is 5.88. The van der Waals surface area contributed by atoms with Gasteiger partial charge in [0.15, 0.2) is 0 Å². The van der Waals surface area contributed by atoms with Gasteiger partial charge in [0.25, 0.3) is 11.8 Å². The highest BCUT2D eigenvalue weighted by Gasteiger charge is 2.36. The van der Waals surface area contributed by atoms with Gasteiger partial charge in [0.1, 0.15) is 5.57 Å². The number of nitrogens with one attached hydrogen (secondary N) is 1. The lowest BCUT2D eigenvalue weighted by molar-refractivity contribution is -0.122. The maximum absolute atomic E-state index is 13.0. The Morgan fingerprint density at radius 2 is 1.79 bits per heavy atom. The molecule has 1 N–H and O–H groups in total. The zero-order chi connectivity index (χ0) is 20.5. The van der Waals surface area contributed by atoms with E-state index in [-0.39, 0.29) is 5.57 Å². The number of nitrogens with zero attached hydrogens (tertiary/aromatic N) is 2. The summed E-state index contributed by atoms with van der Waals surface area (Å²) in [6.45, 7) is 0.346. The molecular formula is C22H14ClN3O3. The molecule has 0 aliphatic carbocycles. The van der Waals surface area contributed by atoms with Gasteiger partial charge in [-0.1, -0.05) is 35.7 Å². The van der Waals surface area contributed by atoms with Crippen molar-refractivity contribution < 1.29 is 14.4 Å². The van der Waals surface area contributed by atoms with E-state index in [9.17, 15) is 14.4 Å². The molecule has 4 amide bonds. The number of carbonyl (C=O) groups is 3. The number of anilines is 1. The number of fused-ring (bicyclic) bond motifs is 1. The molecule has 142 valence electrons. The van der Waals surface area contributed by atoms with Gasteiger partial charge in [0.05, 0.1) is 12.2 Å². The van der Waals surface area contributed by atoms with Crippen LogP contribution in [0.25, 0.3) is 17.0 Å². The fraction of sp³-hybridized carbons (Fsp3) is 0.0455. The maximum Gasteiger partial charge on any atom is 0.335 e. The van der Waals surface area contributed by atoms with Crippen LogP contribution in [0.3, 0.4) is 0 Å². The molecule has 3 aromatic rings. The van der Waals surface area contributed by atoms with Crippen molar-refractivity contribution in [3.63, 3.8) is 0 Å². The van der Waals surface area contributed by atoms with Gasteiger partial charge in [-0.3, -0.25) is 14.9 Å². The third-order valence-electron chi connectivity index (χ3n) is 4.57. The van der Waals surface area contributed by atoms with Gasteiger partial charge >= 0.3 is 6.03 Å². The molecule has 2 aromatic carbocycles. The number of hydrogen-bond acceptors (Lipinski definition) is 3. The minimum Gasteiger partial charge on any atom is -0.335 e. The second-order valence-corrected chi connectivity index (χ2v) is 6.80. The SMILES string of the molecule is C#CCn1cc(/C=C2\C(=O)NC(=O)N(c3ccc(Cl)cc3)C2=O)c2ccccc21. The van der Waals surface area contributed by atoms with E-state index in [1.54, 1.807) is 18.3 Å². The van der Waals surface area contributed by atoms with Gasteiger partial charge in [-0.2, -0.15) is 0 Å². The predicted octanol–water partition coefficient (Wildman–Crippen LogP) is 3.59. The molecular weight excluding hydrogens is 390 g/mol. The molecule has 0 radical (unpaired) electrons. The zero-order valence-corrected chi connectivity index (χ0v) is 15.8. The average Bonchev–Trinajstić information content (AvgIpc) is 3.04. The Labute approximate surface area is 171 Å². The number of para-hydroxylation sites is 1. The van der Waals surface area contributed by atoms with Crippen LogP contribution in [-0.4, -0.2) is 22.4 Å². The number of halogens is 1. The molecule has 0 bridgehead atoms. The first kappa shape index (κ1) is 18.5. The topological polar surface area (TPSA) is 71.4 Å². The van der Waals surface area contributed by atoms with E-state index in [1.807, 2.05) is 28.8 Å². The van der Waals surface area contributed by atoms with Gasteiger partial charge in [-0.05, 0) is 36.4 Å². The van der Waals surface area contributed by atoms with Crippen LogP contribution < -0.4 is 10.2 Å². The van der Waals surface area contributed by atoms with Crippen LogP contribution in [0, 0.1) is 12.3 Å². The van der Waals surface area contributed by atoms with Crippen LogP contribution in [0.2, 0.25) is 5.02 Å². The molecule has 0 atom stereocenters. The summed E-state index contributed by atoms with van der Waals surface area (Å²) in [7, 11) is 0. The number of aromatic nitrogens is 1. The largest absolute Gasteiger partial charge is 0.335 e. The van der Waals surface area contributed by atoms with E-state index in [1.165, 1.54) is 18.2 Å². The summed E-state index contributed by atoms with van der Waals surface area (Å²) in [5.41, 5.74) is 1.69. The third kappa shape index (κ3) is 3.28. The number of benzene rings is 2. The Bertz CT molecular complexity index is 1230. The predicted molar refractivity (Wildman–Crippen MR) is 111 cm³/mol. The number of terminal acetylenes is 1. The quantitative estimate of drug-likeness (QED) is 0.412. The van der Waals surface area contributed by atoms with Gasteiger partial charge in [0, 0.05) is 27.7 Å². The van der Waals surface area contributed by atoms with Crippen molar-refractivity contribution in [3.8, 4) is 12.3 Å². The summed E-state index contributed by atoms with van der Waals surface area (Å²) < 4.78 is 1.86. The van der Waals surface area contributed by atoms with Gasteiger partial charge < -0.3 is 4.57 Å². The molecule has 0 spiro atoms. The fourth-order valence-corrected chi connectivity index (χ4v) is 3.38. The van der Waals surface area contributed by atoms with Crippen LogP contribution in [0.4, 0.5) is 10.5 Å². The summed E-state index contributed by atoms with van der Waals surface area (Å²) in [5, 5.41) is 3.51. The first-order valence-corrected chi connectivity index (χ1v) is 9.06. The number of imide groups is 2. The minimum atomic E-state index is -0.811. The normalized spacial score (nSPS) is 15.7. The Kier molecular flexibility index (Phi) is 4.67. The molecule has 2 heterocycles. The molecule has 6 nitrogen and oxygen atoms in total. The third-order valence-corrected chi connectivity index (χ3v) is 4.82. The van der Waals surface area contributed by atoms with E-state index < -0.39 is 17.8 Å². The van der Waals surface area contributed by atoms with Crippen LogP contribution in [0.5, 0.6) is 0 Å². The Morgan fingerprint density at radius 3 is 2.52 bits per heavy atom. The number of carbonyl (C=O) groups excluding carboxylic acids is 3. The Balaban J connectivity index is 1.81. The highest BCUT2D eigenvalue weighted by atomic mass is 35.5. The number of urea groups is 1. The van der Waals surface area contributed by atoms with E-state index in [0.29, 0.717) is 22.8 Å². The van der Waals surface area contributed by atoms with Crippen LogP contribution in [-0.2, 0) is 16.1 Å². The van der Waals surface area contributed by atoms with Crippen molar-refractivity contribution in [2.45, 2.75) is 6.54 Å². The van der Waals surface area contributed by atoms with Gasteiger partial charge in [0.2, 0.25) is 0 Å². The van der Waals surface area contributed by atoms with Crippen molar-refractivity contribution in [1.29, 1.82) is 0 Å². The first-order chi connectivity index (χ1) is 14.0. The molecule has 1 aliphatic heterocycles. The highest BCUT2D eigenvalue weighted by Crippen LogP contribution is 2.27. The molecule has 0 saturated carbocycles. The Morgan fingerprint density at radius 1 is 1.07 bits per heavy atom. The van der Waals surface area contributed by atoms with E-state index in [0.717, 1.165) is 15.8 Å². The smallest absolute Gasteiger partial charge is 0.335 e.